The number of rotatable bonds is 6. The number of aryl methyl sites for hydroxylation is 3. The van der Waals surface area contributed by atoms with Crippen LogP contribution in [0.15, 0.2) is 47.0 Å². The molecule has 0 saturated carbocycles. The number of esters is 1. The molecule has 0 saturated heterocycles. The highest BCUT2D eigenvalue weighted by atomic mass is 16.5. The zero-order chi connectivity index (χ0) is 25.6. The zero-order valence-corrected chi connectivity index (χ0v) is 21.3. The quantitative estimate of drug-likeness (QED) is 0.274. The molecule has 8 heteroatoms. The van der Waals surface area contributed by atoms with E-state index in [9.17, 15) is 4.79 Å². The molecule has 0 atom stereocenters. The number of fused-ring (bicyclic) bond motifs is 2. The summed E-state index contributed by atoms with van der Waals surface area (Å²) in [7, 11) is 0. The highest BCUT2D eigenvalue weighted by Gasteiger charge is 2.23. The number of hydrogen-bond acceptors (Lipinski definition) is 7. The van der Waals surface area contributed by atoms with Crippen molar-refractivity contribution in [3.63, 3.8) is 0 Å². The van der Waals surface area contributed by atoms with Crippen LogP contribution >= 0.6 is 0 Å². The van der Waals surface area contributed by atoms with E-state index < -0.39 is 5.97 Å². The SMILES string of the molecule is CCOC(=O)c1cnn(-c2cc(C)c3cc(C)cc(C)c3n2)c1Nc1nc2cc(C(C)C)ccc2o1. The van der Waals surface area contributed by atoms with E-state index in [4.69, 9.17) is 14.1 Å². The zero-order valence-electron chi connectivity index (χ0n) is 21.3. The van der Waals surface area contributed by atoms with E-state index in [1.165, 1.54) is 17.3 Å². The maximum atomic E-state index is 12.8. The van der Waals surface area contributed by atoms with Crippen LogP contribution in [0.25, 0.3) is 27.8 Å². The lowest BCUT2D eigenvalue weighted by Gasteiger charge is -2.12. The van der Waals surface area contributed by atoms with E-state index in [1.54, 1.807) is 11.6 Å². The molecule has 36 heavy (non-hydrogen) atoms. The van der Waals surface area contributed by atoms with Gasteiger partial charge in [0.1, 0.15) is 11.1 Å². The maximum absolute atomic E-state index is 12.8. The van der Waals surface area contributed by atoms with Crippen LogP contribution in [0.1, 0.15) is 59.3 Å². The Balaban J connectivity index is 1.64. The van der Waals surface area contributed by atoms with Crippen molar-refractivity contribution in [2.45, 2.75) is 47.5 Å². The topological polar surface area (TPSA) is 95.1 Å². The molecule has 5 rings (SSSR count). The van der Waals surface area contributed by atoms with Crippen molar-refractivity contribution in [1.82, 2.24) is 19.7 Å². The van der Waals surface area contributed by atoms with Crippen LogP contribution in [0.5, 0.6) is 0 Å². The molecule has 0 radical (unpaired) electrons. The van der Waals surface area contributed by atoms with Crippen molar-refractivity contribution in [2.24, 2.45) is 0 Å². The van der Waals surface area contributed by atoms with Crippen LogP contribution < -0.4 is 5.32 Å². The Labute approximate surface area is 209 Å². The Bertz CT molecular complexity index is 1610. The van der Waals surface area contributed by atoms with Crippen LogP contribution in [0.4, 0.5) is 11.8 Å². The first-order chi connectivity index (χ1) is 17.2. The lowest BCUT2D eigenvalue weighted by atomic mass is 10.0. The number of pyridine rings is 1. The summed E-state index contributed by atoms with van der Waals surface area (Å²) < 4.78 is 12.8. The molecule has 8 nitrogen and oxygen atoms in total. The fourth-order valence-corrected chi connectivity index (χ4v) is 4.39. The average Bonchev–Trinajstić information content (AvgIpc) is 3.43. The summed E-state index contributed by atoms with van der Waals surface area (Å²) in [5.41, 5.74) is 7.02. The first-order valence-corrected chi connectivity index (χ1v) is 12.1. The van der Waals surface area contributed by atoms with Crippen molar-refractivity contribution in [3.05, 3.63) is 70.4 Å². The summed E-state index contributed by atoms with van der Waals surface area (Å²) in [5.74, 6) is 0.825. The standard InChI is InChI=1S/C28H29N5O3/c1-7-35-27(34)21-14-29-33(24-12-17(5)20-11-16(4)10-18(6)25(20)31-24)26(21)32-28-30-22-13-19(15(2)3)8-9-23(22)36-28/h8-15H,7H2,1-6H3,(H,30,32). The second-order valence-electron chi connectivity index (χ2n) is 9.34. The van der Waals surface area contributed by atoms with Gasteiger partial charge in [0.15, 0.2) is 17.2 Å². The van der Waals surface area contributed by atoms with Crippen molar-refractivity contribution >= 4 is 39.8 Å². The molecule has 0 aliphatic carbocycles. The molecule has 0 aliphatic heterocycles. The van der Waals surface area contributed by atoms with Crippen molar-refractivity contribution in [1.29, 1.82) is 0 Å². The minimum absolute atomic E-state index is 0.246. The van der Waals surface area contributed by atoms with E-state index >= 15 is 0 Å². The third-order valence-electron chi connectivity index (χ3n) is 6.23. The largest absolute Gasteiger partial charge is 0.462 e. The summed E-state index contributed by atoms with van der Waals surface area (Å²) >= 11 is 0. The third-order valence-corrected chi connectivity index (χ3v) is 6.23. The van der Waals surface area contributed by atoms with Gasteiger partial charge in [-0.3, -0.25) is 5.32 Å². The molecule has 0 fully saturated rings. The molecular weight excluding hydrogens is 454 g/mol. The second kappa shape index (κ2) is 9.11. The fourth-order valence-electron chi connectivity index (χ4n) is 4.39. The number of oxazole rings is 1. The molecule has 5 aromatic rings. The summed E-state index contributed by atoms with van der Waals surface area (Å²) in [4.78, 5) is 22.3. The molecule has 0 amide bonds. The van der Waals surface area contributed by atoms with Crippen LogP contribution in [0.2, 0.25) is 0 Å². The predicted molar refractivity (Wildman–Crippen MR) is 140 cm³/mol. The van der Waals surface area contributed by atoms with Crippen molar-refractivity contribution in [2.75, 3.05) is 11.9 Å². The van der Waals surface area contributed by atoms with E-state index in [0.717, 1.165) is 27.5 Å². The monoisotopic (exact) mass is 483 g/mol. The summed E-state index contributed by atoms with van der Waals surface area (Å²) in [6, 6.07) is 12.4. The molecule has 0 aliphatic rings. The molecule has 3 aromatic heterocycles. The number of nitrogens with one attached hydrogen (secondary N) is 1. The van der Waals surface area contributed by atoms with Gasteiger partial charge in [-0.1, -0.05) is 31.5 Å². The normalized spacial score (nSPS) is 11.5. The number of ether oxygens (including phenoxy) is 1. The number of carbonyl (C=O) groups excluding carboxylic acids is 1. The minimum atomic E-state index is -0.492. The number of benzene rings is 2. The van der Waals surface area contributed by atoms with Gasteiger partial charge in [-0.05, 0) is 74.6 Å². The molecule has 0 spiro atoms. The Morgan fingerprint density at radius 1 is 1.08 bits per heavy atom. The number of anilines is 2. The fraction of sp³-hybridized carbons (Fsp3) is 0.286. The summed E-state index contributed by atoms with van der Waals surface area (Å²) in [5, 5.41) is 8.75. The minimum Gasteiger partial charge on any atom is -0.462 e. The second-order valence-corrected chi connectivity index (χ2v) is 9.34. The Morgan fingerprint density at radius 2 is 1.89 bits per heavy atom. The van der Waals surface area contributed by atoms with Gasteiger partial charge in [-0.25, -0.2) is 9.78 Å². The van der Waals surface area contributed by atoms with Gasteiger partial charge in [0.2, 0.25) is 0 Å². The van der Waals surface area contributed by atoms with Gasteiger partial charge in [-0.15, -0.1) is 0 Å². The van der Waals surface area contributed by atoms with Gasteiger partial charge in [0.25, 0.3) is 0 Å². The van der Waals surface area contributed by atoms with Gasteiger partial charge >= 0.3 is 12.0 Å². The molecule has 0 unspecified atom stereocenters. The summed E-state index contributed by atoms with van der Waals surface area (Å²) in [6.45, 7) is 12.4. The molecular formula is C28H29N5O3. The summed E-state index contributed by atoms with van der Waals surface area (Å²) in [6.07, 6.45) is 1.48. The van der Waals surface area contributed by atoms with Gasteiger partial charge in [0.05, 0.1) is 18.3 Å². The highest BCUT2D eigenvalue weighted by molar-refractivity contribution is 5.96. The third kappa shape index (κ3) is 4.19. The predicted octanol–water partition coefficient (Wildman–Crippen LogP) is 6.53. The van der Waals surface area contributed by atoms with Gasteiger partial charge < -0.3 is 9.15 Å². The lowest BCUT2D eigenvalue weighted by molar-refractivity contribution is 0.0527. The first kappa shape index (κ1) is 23.5. The van der Waals surface area contributed by atoms with Crippen molar-refractivity contribution in [3.8, 4) is 5.82 Å². The maximum Gasteiger partial charge on any atom is 0.343 e. The van der Waals surface area contributed by atoms with E-state index in [-0.39, 0.29) is 18.2 Å². The van der Waals surface area contributed by atoms with Crippen LogP contribution in [0.3, 0.4) is 0 Å². The Hall–Kier alpha value is -4.20. The molecule has 1 N–H and O–H groups in total. The number of carbonyl (C=O) groups is 1. The number of nitrogens with zero attached hydrogens (tertiary/aromatic N) is 4. The highest BCUT2D eigenvalue weighted by Crippen LogP contribution is 2.30. The number of hydrogen-bond donors (Lipinski definition) is 1. The first-order valence-electron chi connectivity index (χ1n) is 12.1. The van der Waals surface area contributed by atoms with Crippen LogP contribution in [-0.4, -0.2) is 32.3 Å². The molecule has 2 aromatic carbocycles. The van der Waals surface area contributed by atoms with Gasteiger partial charge in [-0.2, -0.15) is 14.8 Å². The Kier molecular flexibility index (Phi) is 5.96. The molecule has 3 heterocycles. The average molecular weight is 484 g/mol. The lowest BCUT2D eigenvalue weighted by Crippen LogP contribution is -2.10. The Morgan fingerprint density at radius 3 is 2.64 bits per heavy atom. The van der Waals surface area contributed by atoms with Crippen LogP contribution in [-0.2, 0) is 4.74 Å². The van der Waals surface area contributed by atoms with E-state index in [1.807, 2.05) is 38.1 Å². The number of aromatic nitrogens is 4. The van der Waals surface area contributed by atoms with Crippen LogP contribution in [0, 0.1) is 20.8 Å². The van der Waals surface area contributed by atoms with Crippen molar-refractivity contribution < 1.29 is 13.9 Å². The van der Waals surface area contributed by atoms with E-state index in [0.29, 0.717) is 23.1 Å². The molecule has 184 valence electrons. The van der Waals surface area contributed by atoms with E-state index in [2.05, 4.69) is 48.3 Å². The van der Waals surface area contributed by atoms with Gasteiger partial charge in [0, 0.05) is 5.39 Å². The smallest absolute Gasteiger partial charge is 0.343 e. The molecule has 0 bridgehead atoms.